The van der Waals surface area contributed by atoms with Crippen LogP contribution in [0.25, 0.3) is 0 Å². The maximum atomic E-state index is 6.05. The highest BCUT2D eigenvalue weighted by atomic mass is 16.5. The summed E-state index contributed by atoms with van der Waals surface area (Å²) in [4.78, 5) is 0. The standard InChI is InChI=1S/C17H29NO2/c1-6-8-16(12-18-17(2,3)4)20-13-14-9-7-10-15(11-14)19-5/h7,9-11,16,18H,6,8,12-13H2,1-5H3. The molecule has 0 aliphatic carbocycles. The molecule has 0 radical (unpaired) electrons. The van der Waals surface area contributed by atoms with Gasteiger partial charge in [-0.05, 0) is 44.9 Å². The topological polar surface area (TPSA) is 30.5 Å². The molecule has 0 spiro atoms. The molecule has 1 unspecified atom stereocenters. The first-order valence-corrected chi connectivity index (χ1v) is 7.44. The third-order valence-corrected chi connectivity index (χ3v) is 3.09. The molecule has 3 heteroatoms. The Morgan fingerprint density at radius 1 is 1.25 bits per heavy atom. The SMILES string of the molecule is CCCC(CNC(C)(C)C)OCc1cccc(OC)c1. The number of nitrogens with one attached hydrogen (secondary N) is 1. The average Bonchev–Trinajstić information content (AvgIpc) is 2.41. The van der Waals surface area contributed by atoms with Crippen molar-refractivity contribution in [3.63, 3.8) is 0 Å². The van der Waals surface area contributed by atoms with Crippen molar-refractivity contribution >= 4 is 0 Å². The molecule has 0 heterocycles. The Morgan fingerprint density at radius 2 is 2.00 bits per heavy atom. The van der Waals surface area contributed by atoms with Crippen molar-refractivity contribution < 1.29 is 9.47 Å². The summed E-state index contributed by atoms with van der Waals surface area (Å²) in [7, 11) is 1.69. The Labute approximate surface area is 123 Å². The van der Waals surface area contributed by atoms with Crippen LogP contribution in [-0.2, 0) is 11.3 Å². The van der Waals surface area contributed by atoms with Crippen molar-refractivity contribution in [1.29, 1.82) is 0 Å². The molecular weight excluding hydrogens is 250 g/mol. The number of hydrogen-bond donors (Lipinski definition) is 1. The second-order valence-corrected chi connectivity index (χ2v) is 6.20. The lowest BCUT2D eigenvalue weighted by atomic mass is 10.1. The molecular formula is C17H29NO2. The fourth-order valence-corrected chi connectivity index (χ4v) is 1.96. The normalized spacial score (nSPS) is 13.2. The molecule has 1 aromatic carbocycles. The van der Waals surface area contributed by atoms with E-state index in [1.807, 2.05) is 18.2 Å². The molecule has 0 aliphatic rings. The van der Waals surface area contributed by atoms with Crippen LogP contribution in [0.2, 0.25) is 0 Å². The molecule has 0 bridgehead atoms. The van der Waals surface area contributed by atoms with Gasteiger partial charge in [-0.15, -0.1) is 0 Å². The van der Waals surface area contributed by atoms with E-state index in [0.29, 0.717) is 6.61 Å². The second-order valence-electron chi connectivity index (χ2n) is 6.20. The second kappa shape index (κ2) is 8.28. The van der Waals surface area contributed by atoms with Gasteiger partial charge in [0.1, 0.15) is 5.75 Å². The van der Waals surface area contributed by atoms with E-state index in [0.717, 1.165) is 30.7 Å². The van der Waals surface area contributed by atoms with Gasteiger partial charge in [0.25, 0.3) is 0 Å². The van der Waals surface area contributed by atoms with Crippen LogP contribution in [0.4, 0.5) is 0 Å². The van der Waals surface area contributed by atoms with Crippen LogP contribution in [0, 0.1) is 0 Å². The maximum Gasteiger partial charge on any atom is 0.119 e. The van der Waals surface area contributed by atoms with E-state index >= 15 is 0 Å². The summed E-state index contributed by atoms with van der Waals surface area (Å²) in [6, 6.07) is 8.05. The van der Waals surface area contributed by atoms with Gasteiger partial charge in [0.15, 0.2) is 0 Å². The largest absolute Gasteiger partial charge is 0.497 e. The Bertz CT molecular complexity index is 385. The van der Waals surface area contributed by atoms with Crippen LogP contribution in [0.3, 0.4) is 0 Å². The summed E-state index contributed by atoms with van der Waals surface area (Å²) < 4.78 is 11.3. The van der Waals surface area contributed by atoms with Gasteiger partial charge in [0.05, 0.1) is 19.8 Å². The zero-order valence-corrected chi connectivity index (χ0v) is 13.5. The first kappa shape index (κ1) is 17.0. The van der Waals surface area contributed by atoms with Gasteiger partial charge in [-0.2, -0.15) is 0 Å². The smallest absolute Gasteiger partial charge is 0.119 e. The van der Waals surface area contributed by atoms with Gasteiger partial charge >= 0.3 is 0 Å². The summed E-state index contributed by atoms with van der Waals surface area (Å²) in [6.07, 6.45) is 2.46. The van der Waals surface area contributed by atoms with Crippen LogP contribution >= 0.6 is 0 Å². The molecule has 114 valence electrons. The van der Waals surface area contributed by atoms with E-state index < -0.39 is 0 Å². The van der Waals surface area contributed by atoms with Crippen LogP contribution < -0.4 is 10.1 Å². The first-order valence-electron chi connectivity index (χ1n) is 7.44. The average molecular weight is 279 g/mol. The van der Waals surface area contributed by atoms with Crippen molar-refractivity contribution in [2.45, 2.75) is 58.8 Å². The van der Waals surface area contributed by atoms with Crippen LogP contribution in [-0.4, -0.2) is 25.3 Å². The predicted octanol–water partition coefficient (Wildman–Crippen LogP) is 3.77. The van der Waals surface area contributed by atoms with Gasteiger partial charge in [0, 0.05) is 12.1 Å². The van der Waals surface area contributed by atoms with Gasteiger partial charge in [-0.3, -0.25) is 0 Å². The van der Waals surface area contributed by atoms with Gasteiger partial charge in [-0.1, -0.05) is 25.5 Å². The number of hydrogen-bond acceptors (Lipinski definition) is 3. The molecule has 0 saturated heterocycles. The van der Waals surface area contributed by atoms with Gasteiger partial charge in [0.2, 0.25) is 0 Å². The van der Waals surface area contributed by atoms with Gasteiger partial charge in [-0.25, -0.2) is 0 Å². The molecule has 20 heavy (non-hydrogen) atoms. The number of ether oxygens (including phenoxy) is 2. The number of rotatable bonds is 8. The lowest BCUT2D eigenvalue weighted by Crippen LogP contribution is -2.41. The lowest BCUT2D eigenvalue weighted by Gasteiger charge is -2.25. The molecule has 0 aromatic heterocycles. The minimum Gasteiger partial charge on any atom is -0.497 e. The van der Waals surface area contributed by atoms with E-state index in [2.05, 4.69) is 39.1 Å². The number of methoxy groups -OCH3 is 1. The molecule has 1 rings (SSSR count). The lowest BCUT2D eigenvalue weighted by molar-refractivity contribution is 0.0309. The molecule has 1 aromatic rings. The molecule has 0 amide bonds. The van der Waals surface area contributed by atoms with Crippen molar-refractivity contribution in [2.75, 3.05) is 13.7 Å². The quantitative estimate of drug-likeness (QED) is 0.786. The molecule has 1 atom stereocenters. The third-order valence-electron chi connectivity index (χ3n) is 3.09. The molecule has 0 fully saturated rings. The Hall–Kier alpha value is -1.06. The minimum absolute atomic E-state index is 0.130. The van der Waals surface area contributed by atoms with Crippen molar-refractivity contribution in [1.82, 2.24) is 5.32 Å². The number of benzene rings is 1. The zero-order chi connectivity index (χ0) is 15.0. The summed E-state index contributed by atoms with van der Waals surface area (Å²) in [5.74, 6) is 0.881. The van der Waals surface area contributed by atoms with E-state index in [-0.39, 0.29) is 11.6 Å². The third kappa shape index (κ3) is 6.92. The Balaban J connectivity index is 2.48. The monoisotopic (exact) mass is 279 g/mol. The van der Waals surface area contributed by atoms with Crippen molar-refractivity contribution in [3.05, 3.63) is 29.8 Å². The first-order chi connectivity index (χ1) is 9.44. The van der Waals surface area contributed by atoms with E-state index in [9.17, 15) is 0 Å². The molecule has 0 aliphatic heterocycles. The molecule has 0 saturated carbocycles. The zero-order valence-electron chi connectivity index (χ0n) is 13.5. The van der Waals surface area contributed by atoms with Crippen LogP contribution in [0.1, 0.15) is 46.1 Å². The van der Waals surface area contributed by atoms with Gasteiger partial charge < -0.3 is 14.8 Å². The summed E-state index contributed by atoms with van der Waals surface area (Å²) in [5.41, 5.74) is 1.28. The highest BCUT2D eigenvalue weighted by molar-refractivity contribution is 5.27. The summed E-state index contributed by atoms with van der Waals surface area (Å²) in [5, 5.41) is 3.52. The highest BCUT2D eigenvalue weighted by Crippen LogP contribution is 2.15. The van der Waals surface area contributed by atoms with E-state index in [1.54, 1.807) is 7.11 Å². The molecule has 3 nitrogen and oxygen atoms in total. The van der Waals surface area contributed by atoms with Crippen molar-refractivity contribution in [3.8, 4) is 5.75 Å². The van der Waals surface area contributed by atoms with E-state index in [1.165, 1.54) is 0 Å². The fourth-order valence-electron chi connectivity index (χ4n) is 1.96. The highest BCUT2D eigenvalue weighted by Gasteiger charge is 2.14. The maximum absolute atomic E-state index is 6.05. The Morgan fingerprint density at radius 3 is 2.60 bits per heavy atom. The fraction of sp³-hybridized carbons (Fsp3) is 0.647. The van der Waals surface area contributed by atoms with Crippen molar-refractivity contribution in [2.24, 2.45) is 0 Å². The van der Waals surface area contributed by atoms with Crippen LogP contribution in [0.5, 0.6) is 5.75 Å². The molecule has 1 N–H and O–H groups in total. The minimum atomic E-state index is 0.130. The van der Waals surface area contributed by atoms with Crippen LogP contribution in [0.15, 0.2) is 24.3 Å². The summed E-state index contributed by atoms with van der Waals surface area (Å²) in [6.45, 7) is 10.3. The van der Waals surface area contributed by atoms with E-state index in [4.69, 9.17) is 9.47 Å². The predicted molar refractivity (Wildman–Crippen MR) is 84.2 cm³/mol. The Kier molecular flexibility index (Phi) is 7.03. The summed E-state index contributed by atoms with van der Waals surface area (Å²) >= 11 is 0.